The zero-order valence-corrected chi connectivity index (χ0v) is 10.00. The number of phenols is 1. The fourth-order valence-corrected chi connectivity index (χ4v) is 2.15. The van der Waals surface area contributed by atoms with Gasteiger partial charge in [0.25, 0.3) is 0 Å². The fourth-order valence-electron chi connectivity index (χ4n) is 1.33. The van der Waals surface area contributed by atoms with Gasteiger partial charge < -0.3 is 9.84 Å². The summed E-state index contributed by atoms with van der Waals surface area (Å²) in [4.78, 5) is 1.39. The molecule has 2 rings (SSSR count). The number of methoxy groups -OCH3 is 1. The summed E-state index contributed by atoms with van der Waals surface area (Å²) in [5.74, 6) is 0.379. The summed E-state index contributed by atoms with van der Waals surface area (Å²) < 4.78 is 18.6. The standard InChI is InChI=1S/C13H11FO2S/c1-16-10-4-7-13(12(14)8-10)17-11-5-2-9(15)3-6-11/h2-8,15H,1H3. The average molecular weight is 250 g/mol. The van der Waals surface area contributed by atoms with E-state index < -0.39 is 0 Å². The minimum absolute atomic E-state index is 0.199. The number of halogens is 1. The van der Waals surface area contributed by atoms with Crippen LogP contribution in [0.5, 0.6) is 11.5 Å². The van der Waals surface area contributed by atoms with Crippen LogP contribution in [0.1, 0.15) is 0 Å². The molecule has 0 bridgehead atoms. The highest BCUT2D eigenvalue weighted by molar-refractivity contribution is 7.99. The molecule has 0 aliphatic rings. The van der Waals surface area contributed by atoms with Gasteiger partial charge in [-0.25, -0.2) is 4.39 Å². The third kappa shape index (κ3) is 2.91. The van der Waals surface area contributed by atoms with Crippen LogP contribution in [-0.2, 0) is 0 Å². The highest BCUT2D eigenvalue weighted by atomic mass is 32.2. The first-order valence-electron chi connectivity index (χ1n) is 4.99. The molecule has 2 aromatic carbocycles. The zero-order chi connectivity index (χ0) is 12.3. The van der Waals surface area contributed by atoms with Crippen LogP contribution in [0.25, 0.3) is 0 Å². The molecule has 17 heavy (non-hydrogen) atoms. The first kappa shape index (κ1) is 11.8. The van der Waals surface area contributed by atoms with Gasteiger partial charge >= 0.3 is 0 Å². The van der Waals surface area contributed by atoms with Gasteiger partial charge in [0.1, 0.15) is 17.3 Å². The molecule has 0 saturated heterocycles. The Labute approximate surface area is 103 Å². The second-order valence-electron chi connectivity index (χ2n) is 3.39. The van der Waals surface area contributed by atoms with E-state index in [-0.39, 0.29) is 11.6 Å². The van der Waals surface area contributed by atoms with Gasteiger partial charge in [0.2, 0.25) is 0 Å². The van der Waals surface area contributed by atoms with Gasteiger partial charge in [-0.3, -0.25) is 0 Å². The summed E-state index contributed by atoms with van der Waals surface area (Å²) in [6, 6.07) is 11.4. The average Bonchev–Trinajstić information content (AvgIpc) is 2.34. The van der Waals surface area contributed by atoms with E-state index in [9.17, 15) is 4.39 Å². The summed E-state index contributed by atoms with van der Waals surface area (Å²) in [6.07, 6.45) is 0. The molecule has 2 aromatic rings. The van der Waals surface area contributed by atoms with Gasteiger partial charge in [0.15, 0.2) is 0 Å². The Kier molecular flexibility index (Phi) is 3.54. The Hall–Kier alpha value is -1.68. The Bertz CT molecular complexity index is 511. The van der Waals surface area contributed by atoms with E-state index >= 15 is 0 Å². The molecule has 0 radical (unpaired) electrons. The van der Waals surface area contributed by atoms with Crippen molar-refractivity contribution in [3.63, 3.8) is 0 Å². The Balaban J connectivity index is 2.21. The van der Waals surface area contributed by atoms with Crippen LogP contribution in [0.4, 0.5) is 4.39 Å². The second kappa shape index (κ2) is 5.10. The lowest BCUT2D eigenvalue weighted by Crippen LogP contribution is -1.86. The van der Waals surface area contributed by atoms with Crippen molar-refractivity contribution < 1.29 is 14.2 Å². The van der Waals surface area contributed by atoms with E-state index in [1.807, 2.05) is 0 Å². The molecule has 0 atom stereocenters. The number of aromatic hydroxyl groups is 1. The van der Waals surface area contributed by atoms with E-state index in [1.165, 1.54) is 24.9 Å². The van der Waals surface area contributed by atoms with Crippen LogP contribution < -0.4 is 4.74 Å². The molecule has 2 nitrogen and oxygen atoms in total. The SMILES string of the molecule is COc1ccc(Sc2ccc(O)cc2)c(F)c1. The molecular weight excluding hydrogens is 239 g/mol. The van der Waals surface area contributed by atoms with Crippen molar-refractivity contribution in [1.82, 2.24) is 0 Å². The van der Waals surface area contributed by atoms with Gasteiger partial charge in [0, 0.05) is 15.9 Å². The lowest BCUT2D eigenvalue weighted by molar-refractivity contribution is 0.410. The number of hydrogen-bond acceptors (Lipinski definition) is 3. The maximum Gasteiger partial charge on any atom is 0.140 e. The molecular formula is C13H11FO2S. The van der Waals surface area contributed by atoms with Crippen molar-refractivity contribution in [3.8, 4) is 11.5 Å². The molecule has 1 N–H and O–H groups in total. The molecule has 0 fully saturated rings. The quantitative estimate of drug-likeness (QED) is 0.900. The van der Waals surface area contributed by atoms with Crippen LogP contribution in [0.15, 0.2) is 52.3 Å². The molecule has 0 aliphatic heterocycles. The molecule has 0 unspecified atom stereocenters. The fraction of sp³-hybridized carbons (Fsp3) is 0.0769. The van der Waals surface area contributed by atoms with Crippen molar-refractivity contribution in [2.24, 2.45) is 0 Å². The number of hydrogen-bond donors (Lipinski definition) is 1. The molecule has 0 amide bonds. The second-order valence-corrected chi connectivity index (χ2v) is 4.51. The van der Waals surface area contributed by atoms with Crippen molar-refractivity contribution in [3.05, 3.63) is 48.3 Å². The van der Waals surface area contributed by atoms with Crippen molar-refractivity contribution in [2.45, 2.75) is 9.79 Å². The van der Waals surface area contributed by atoms with Gasteiger partial charge in [-0.15, -0.1) is 0 Å². The van der Waals surface area contributed by atoms with E-state index in [4.69, 9.17) is 9.84 Å². The topological polar surface area (TPSA) is 29.5 Å². The largest absolute Gasteiger partial charge is 0.508 e. The molecule has 0 aliphatic carbocycles. The highest BCUT2D eigenvalue weighted by Crippen LogP contribution is 2.32. The van der Waals surface area contributed by atoms with Crippen molar-refractivity contribution in [2.75, 3.05) is 7.11 Å². The van der Waals surface area contributed by atoms with Gasteiger partial charge in [-0.2, -0.15) is 0 Å². The summed E-state index contributed by atoms with van der Waals surface area (Å²) in [6.45, 7) is 0. The van der Waals surface area contributed by atoms with Gasteiger partial charge in [0.05, 0.1) is 7.11 Å². The van der Waals surface area contributed by atoms with Crippen LogP contribution in [-0.4, -0.2) is 12.2 Å². The molecule has 0 spiro atoms. The Morgan fingerprint density at radius 3 is 2.41 bits per heavy atom. The summed E-state index contributed by atoms with van der Waals surface area (Å²) in [7, 11) is 1.50. The molecule has 0 aromatic heterocycles. The van der Waals surface area contributed by atoms with E-state index in [0.29, 0.717) is 10.6 Å². The van der Waals surface area contributed by atoms with Gasteiger partial charge in [-0.1, -0.05) is 11.8 Å². The third-order valence-electron chi connectivity index (χ3n) is 2.20. The lowest BCUT2D eigenvalue weighted by Gasteiger charge is -2.05. The minimum atomic E-state index is -0.317. The van der Waals surface area contributed by atoms with Crippen LogP contribution in [0.2, 0.25) is 0 Å². The van der Waals surface area contributed by atoms with Gasteiger partial charge in [-0.05, 0) is 36.4 Å². The number of benzene rings is 2. The van der Waals surface area contributed by atoms with Crippen LogP contribution >= 0.6 is 11.8 Å². The monoisotopic (exact) mass is 250 g/mol. The number of phenolic OH excluding ortho intramolecular Hbond substituents is 1. The maximum absolute atomic E-state index is 13.7. The molecule has 88 valence electrons. The summed E-state index contributed by atoms with van der Waals surface area (Å²) >= 11 is 1.30. The van der Waals surface area contributed by atoms with Crippen LogP contribution in [0, 0.1) is 5.82 Å². The van der Waals surface area contributed by atoms with Crippen molar-refractivity contribution >= 4 is 11.8 Å². The summed E-state index contributed by atoms with van der Waals surface area (Å²) in [5.41, 5.74) is 0. The number of rotatable bonds is 3. The first-order chi connectivity index (χ1) is 8.19. The first-order valence-corrected chi connectivity index (χ1v) is 5.81. The lowest BCUT2D eigenvalue weighted by atomic mass is 10.3. The van der Waals surface area contributed by atoms with Crippen molar-refractivity contribution in [1.29, 1.82) is 0 Å². The maximum atomic E-state index is 13.7. The predicted molar refractivity (Wildman–Crippen MR) is 65.2 cm³/mol. The van der Waals surface area contributed by atoms with Crippen LogP contribution in [0.3, 0.4) is 0 Å². The van der Waals surface area contributed by atoms with E-state index in [2.05, 4.69) is 0 Å². The Morgan fingerprint density at radius 2 is 1.82 bits per heavy atom. The number of ether oxygens (including phenoxy) is 1. The normalized spacial score (nSPS) is 10.2. The third-order valence-corrected chi connectivity index (χ3v) is 3.26. The smallest absolute Gasteiger partial charge is 0.140 e. The zero-order valence-electron chi connectivity index (χ0n) is 9.18. The minimum Gasteiger partial charge on any atom is -0.508 e. The van der Waals surface area contributed by atoms with E-state index in [0.717, 1.165) is 4.90 Å². The highest BCUT2D eigenvalue weighted by Gasteiger charge is 2.05. The molecule has 0 saturated carbocycles. The van der Waals surface area contributed by atoms with E-state index in [1.54, 1.807) is 36.4 Å². The molecule has 4 heteroatoms. The summed E-state index contributed by atoms with van der Waals surface area (Å²) in [5, 5.41) is 9.15. The predicted octanol–water partition coefficient (Wildman–Crippen LogP) is 3.69. The Morgan fingerprint density at radius 1 is 1.12 bits per heavy atom. The molecule has 0 heterocycles.